The number of fused-ring (bicyclic) bond motifs is 1. The van der Waals surface area contributed by atoms with E-state index in [-0.39, 0.29) is 5.91 Å². The summed E-state index contributed by atoms with van der Waals surface area (Å²) in [7, 11) is 1.60. The summed E-state index contributed by atoms with van der Waals surface area (Å²) in [5.41, 5.74) is 3.85. The van der Waals surface area contributed by atoms with Gasteiger partial charge in [0.05, 0.1) is 19.3 Å². The molecule has 0 spiro atoms. The van der Waals surface area contributed by atoms with Gasteiger partial charge in [-0.3, -0.25) is 4.79 Å². The lowest BCUT2D eigenvalue weighted by Gasteiger charge is -2.28. The van der Waals surface area contributed by atoms with Gasteiger partial charge >= 0.3 is 0 Å². The molecule has 1 aliphatic rings. The zero-order valence-electron chi connectivity index (χ0n) is 20.0. The summed E-state index contributed by atoms with van der Waals surface area (Å²) < 4.78 is 13.3. The zero-order chi connectivity index (χ0) is 24.9. The molecule has 36 heavy (non-hydrogen) atoms. The van der Waals surface area contributed by atoms with E-state index in [0.717, 1.165) is 12.0 Å². The van der Waals surface area contributed by atoms with E-state index in [4.69, 9.17) is 9.47 Å². The Bertz CT molecular complexity index is 1390. The maximum Gasteiger partial charge on any atom is 0.255 e. The van der Waals surface area contributed by atoms with Gasteiger partial charge in [0.1, 0.15) is 6.04 Å². The fourth-order valence-electron chi connectivity index (χ4n) is 4.23. The van der Waals surface area contributed by atoms with E-state index in [1.165, 1.54) is 5.56 Å². The molecule has 182 valence electrons. The van der Waals surface area contributed by atoms with Crippen LogP contribution < -0.4 is 20.1 Å². The molecule has 0 saturated heterocycles. The first-order valence-electron chi connectivity index (χ1n) is 11.6. The fourth-order valence-corrected chi connectivity index (χ4v) is 4.23. The van der Waals surface area contributed by atoms with Gasteiger partial charge in [-0.05, 0) is 52.7 Å². The van der Waals surface area contributed by atoms with Gasteiger partial charge in [0.25, 0.3) is 5.91 Å². The van der Waals surface area contributed by atoms with Gasteiger partial charge in [-0.25, -0.2) is 0 Å². The largest absolute Gasteiger partial charge is 0.493 e. The molecule has 9 nitrogen and oxygen atoms in total. The van der Waals surface area contributed by atoms with Crippen molar-refractivity contribution in [2.75, 3.05) is 24.4 Å². The van der Waals surface area contributed by atoms with Crippen LogP contribution in [0.25, 0.3) is 0 Å². The maximum absolute atomic E-state index is 13.4. The minimum Gasteiger partial charge on any atom is -0.493 e. The normalized spacial score (nSPS) is 14.6. The van der Waals surface area contributed by atoms with Crippen molar-refractivity contribution in [1.82, 2.24) is 20.2 Å². The average molecular weight is 483 g/mol. The van der Waals surface area contributed by atoms with Gasteiger partial charge in [0.15, 0.2) is 11.5 Å². The first-order chi connectivity index (χ1) is 17.6. The molecule has 2 heterocycles. The summed E-state index contributed by atoms with van der Waals surface area (Å²) in [6, 6.07) is 24.5. The number of methoxy groups -OCH3 is 1. The van der Waals surface area contributed by atoms with Crippen LogP contribution in [0, 0.1) is 0 Å². The smallest absolute Gasteiger partial charge is 0.255 e. The second-order valence-electron chi connectivity index (χ2n) is 8.33. The summed E-state index contributed by atoms with van der Waals surface area (Å²) in [5, 5.41) is 18.1. The summed E-state index contributed by atoms with van der Waals surface area (Å²) in [4.78, 5) is 13.4. The third-order valence-electron chi connectivity index (χ3n) is 5.98. The molecule has 2 N–H and O–H groups in total. The highest BCUT2D eigenvalue weighted by Crippen LogP contribution is 2.38. The van der Waals surface area contributed by atoms with Gasteiger partial charge in [-0.2, -0.15) is 4.68 Å². The van der Waals surface area contributed by atoms with Gasteiger partial charge < -0.3 is 20.1 Å². The van der Waals surface area contributed by atoms with Crippen molar-refractivity contribution in [3.8, 4) is 11.5 Å². The number of nitrogens with zero attached hydrogens (tertiary/aromatic N) is 4. The van der Waals surface area contributed by atoms with Crippen molar-refractivity contribution >= 4 is 17.5 Å². The monoisotopic (exact) mass is 482 g/mol. The molecular weight excluding hydrogens is 456 g/mol. The minimum absolute atomic E-state index is 0.250. The molecule has 5 rings (SSSR count). The van der Waals surface area contributed by atoms with Crippen LogP contribution in [-0.2, 0) is 11.2 Å². The van der Waals surface area contributed by atoms with Crippen LogP contribution in [0.4, 0.5) is 11.6 Å². The van der Waals surface area contributed by atoms with Gasteiger partial charge in [-0.1, -0.05) is 59.7 Å². The number of amides is 1. The average Bonchev–Trinajstić information content (AvgIpc) is 3.37. The molecule has 1 aliphatic heterocycles. The standard InChI is InChI=1S/C27H26N6O3/c1-18-24(26(34)29-21-11-7-4-8-12-21)25(33-27(28-18)30-31-32-33)20-13-14-22(23(17-20)35-2)36-16-15-19-9-5-3-6-10-19/h3-14,17,25H,15-16H2,1-2H3,(H,29,34)(H,28,30,32). The molecular formula is C27H26N6O3. The van der Waals surface area contributed by atoms with E-state index >= 15 is 0 Å². The second-order valence-corrected chi connectivity index (χ2v) is 8.33. The number of aromatic nitrogens is 4. The van der Waals surface area contributed by atoms with Gasteiger partial charge in [-0.15, -0.1) is 0 Å². The Morgan fingerprint density at radius 1 is 1.03 bits per heavy atom. The molecule has 4 aromatic rings. The van der Waals surface area contributed by atoms with Crippen LogP contribution in [0.2, 0.25) is 0 Å². The fraction of sp³-hybridized carbons (Fsp3) is 0.185. The third kappa shape index (κ3) is 4.76. The molecule has 1 unspecified atom stereocenters. The number of hydrogen-bond donors (Lipinski definition) is 2. The molecule has 0 fully saturated rings. The highest BCUT2D eigenvalue weighted by molar-refractivity contribution is 6.06. The summed E-state index contributed by atoms with van der Waals surface area (Å²) in [6.45, 7) is 2.34. The summed E-state index contributed by atoms with van der Waals surface area (Å²) in [5.74, 6) is 1.39. The van der Waals surface area contributed by atoms with Crippen molar-refractivity contribution in [2.45, 2.75) is 19.4 Å². The van der Waals surface area contributed by atoms with E-state index in [0.29, 0.717) is 41.0 Å². The van der Waals surface area contributed by atoms with E-state index in [2.05, 4.69) is 38.3 Å². The van der Waals surface area contributed by atoms with E-state index in [1.807, 2.05) is 73.7 Å². The Balaban J connectivity index is 1.43. The number of carbonyl (C=O) groups excluding carboxylic acids is 1. The van der Waals surface area contributed by atoms with Gasteiger partial charge in [0, 0.05) is 17.8 Å². The van der Waals surface area contributed by atoms with Crippen LogP contribution in [-0.4, -0.2) is 39.8 Å². The lowest BCUT2D eigenvalue weighted by Crippen LogP contribution is -2.31. The predicted molar refractivity (Wildman–Crippen MR) is 136 cm³/mol. The Kier molecular flexibility index (Phi) is 6.61. The second kappa shape index (κ2) is 10.3. The topological polar surface area (TPSA) is 103 Å². The number of para-hydroxylation sites is 1. The van der Waals surface area contributed by atoms with Crippen LogP contribution in [0.5, 0.6) is 11.5 Å². The van der Waals surface area contributed by atoms with Crippen molar-refractivity contribution in [1.29, 1.82) is 0 Å². The Morgan fingerprint density at radius 2 is 1.78 bits per heavy atom. The van der Waals surface area contributed by atoms with E-state index < -0.39 is 6.04 Å². The molecule has 0 bridgehead atoms. The van der Waals surface area contributed by atoms with Crippen molar-refractivity contribution < 1.29 is 14.3 Å². The molecule has 3 aromatic carbocycles. The van der Waals surface area contributed by atoms with Crippen molar-refractivity contribution in [3.63, 3.8) is 0 Å². The zero-order valence-corrected chi connectivity index (χ0v) is 20.0. The number of ether oxygens (including phenoxy) is 2. The van der Waals surface area contributed by atoms with Crippen LogP contribution in [0.1, 0.15) is 24.1 Å². The van der Waals surface area contributed by atoms with Crippen LogP contribution >= 0.6 is 0 Å². The number of nitrogens with one attached hydrogen (secondary N) is 2. The number of rotatable bonds is 8. The highest BCUT2D eigenvalue weighted by atomic mass is 16.5. The quantitative estimate of drug-likeness (QED) is 0.387. The number of tetrazole rings is 1. The first kappa shape index (κ1) is 23.1. The maximum atomic E-state index is 13.4. The Morgan fingerprint density at radius 3 is 2.53 bits per heavy atom. The van der Waals surface area contributed by atoms with Crippen molar-refractivity contribution in [3.05, 3.63) is 101 Å². The molecule has 0 saturated carbocycles. The Labute approximate surface area is 208 Å². The molecule has 1 amide bonds. The first-order valence-corrected chi connectivity index (χ1v) is 11.6. The third-order valence-corrected chi connectivity index (χ3v) is 5.98. The number of hydrogen-bond acceptors (Lipinski definition) is 7. The number of carbonyl (C=O) groups is 1. The number of benzene rings is 3. The lowest BCUT2D eigenvalue weighted by molar-refractivity contribution is -0.113. The number of anilines is 2. The lowest BCUT2D eigenvalue weighted by atomic mass is 9.94. The molecule has 0 aliphatic carbocycles. The predicted octanol–water partition coefficient (Wildman–Crippen LogP) is 4.23. The van der Waals surface area contributed by atoms with Crippen LogP contribution in [0.3, 0.4) is 0 Å². The van der Waals surface area contributed by atoms with E-state index in [9.17, 15) is 4.79 Å². The van der Waals surface area contributed by atoms with Gasteiger partial charge in [0.2, 0.25) is 5.95 Å². The number of allylic oxidation sites excluding steroid dienone is 1. The Hall–Kier alpha value is -4.66. The SMILES string of the molecule is COc1cc(C2C(C(=O)Nc3ccccc3)=C(C)Nc3nnnn32)ccc1OCCc1ccccc1. The molecule has 1 aromatic heterocycles. The van der Waals surface area contributed by atoms with Crippen molar-refractivity contribution in [2.24, 2.45) is 0 Å². The minimum atomic E-state index is -0.563. The molecule has 9 heteroatoms. The van der Waals surface area contributed by atoms with Crippen LogP contribution in [0.15, 0.2) is 90.1 Å². The van der Waals surface area contributed by atoms with E-state index in [1.54, 1.807) is 11.8 Å². The summed E-state index contributed by atoms with van der Waals surface area (Å²) in [6.07, 6.45) is 0.778. The molecule has 0 radical (unpaired) electrons. The highest BCUT2D eigenvalue weighted by Gasteiger charge is 2.34. The molecule has 1 atom stereocenters. The summed E-state index contributed by atoms with van der Waals surface area (Å²) >= 11 is 0.